The summed E-state index contributed by atoms with van der Waals surface area (Å²) >= 11 is 0. The molecule has 5 rings (SSSR count). The number of hydrogen-bond acceptors (Lipinski definition) is 15. The van der Waals surface area contributed by atoms with Crippen LogP contribution >= 0.6 is 0 Å². The Balaban J connectivity index is 0.00000351. The quantitative estimate of drug-likeness (QED) is 0.0742. The van der Waals surface area contributed by atoms with Crippen molar-refractivity contribution < 1.29 is 180 Å². The Hall–Kier alpha value is -1.000. The first-order valence-corrected chi connectivity index (χ1v) is 18.7. The zero-order chi connectivity index (χ0) is 36.3. The molecular formula is C28H17N3Na4O14S4. The van der Waals surface area contributed by atoms with Crippen LogP contribution in [-0.2, 0) is 40.5 Å². The SMILES string of the molecule is Nc1cc(C(=O)Nc2ccc3c(S(=O)(=O)[O-])cc(S(=O)(=O)[O-])cc3c2)cc(C(=O)Nc2ccc3c(S(=O)(=O)[O-])cc(S(=O)(=O)[O-])cc3c2)c1.[Na+].[Na+].[Na+].[Na+]. The van der Waals surface area contributed by atoms with Crippen molar-refractivity contribution >= 4 is 90.9 Å². The number of hydrogen-bond donors (Lipinski definition) is 3. The van der Waals surface area contributed by atoms with Gasteiger partial charge in [-0.25, -0.2) is 33.7 Å². The normalized spacial score (nSPS) is 11.6. The smallest absolute Gasteiger partial charge is 0.744 e. The van der Waals surface area contributed by atoms with E-state index in [1.54, 1.807) is 0 Å². The van der Waals surface area contributed by atoms with Crippen LogP contribution in [-0.4, -0.2) is 63.7 Å². The number of amides is 2. The van der Waals surface area contributed by atoms with E-state index in [-0.39, 0.29) is 168 Å². The van der Waals surface area contributed by atoms with Crippen LogP contribution < -0.4 is 135 Å². The van der Waals surface area contributed by atoms with Crippen LogP contribution in [0.1, 0.15) is 20.7 Å². The molecular weight excluding hydrogens is 823 g/mol. The number of rotatable bonds is 8. The van der Waals surface area contributed by atoms with Crippen molar-refractivity contribution in [3.8, 4) is 0 Å². The summed E-state index contributed by atoms with van der Waals surface area (Å²) in [6.07, 6.45) is 0. The molecule has 25 heteroatoms. The van der Waals surface area contributed by atoms with E-state index in [4.69, 9.17) is 5.73 Å². The van der Waals surface area contributed by atoms with E-state index in [1.807, 2.05) is 0 Å². The first-order valence-electron chi connectivity index (χ1n) is 13.0. The maximum Gasteiger partial charge on any atom is 1.00 e. The molecule has 0 bridgehead atoms. The Bertz CT molecular complexity index is 2550. The third-order valence-electron chi connectivity index (χ3n) is 6.89. The molecule has 5 aromatic carbocycles. The van der Waals surface area contributed by atoms with Gasteiger partial charge in [-0.2, -0.15) is 0 Å². The van der Waals surface area contributed by atoms with Crippen LogP contribution in [0.25, 0.3) is 21.5 Å². The number of nitrogens with two attached hydrogens (primary N) is 1. The van der Waals surface area contributed by atoms with Crippen LogP contribution in [0.15, 0.2) is 98.4 Å². The van der Waals surface area contributed by atoms with Crippen LogP contribution in [0.4, 0.5) is 17.1 Å². The van der Waals surface area contributed by atoms with E-state index in [2.05, 4.69) is 10.6 Å². The molecule has 0 spiro atoms. The molecule has 2 amide bonds. The number of anilines is 3. The van der Waals surface area contributed by atoms with Crippen molar-refractivity contribution in [3.63, 3.8) is 0 Å². The van der Waals surface area contributed by atoms with Gasteiger partial charge in [-0.05, 0) is 88.3 Å². The first-order chi connectivity index (χ1) is 22.5. The van der Waals surface area contributed by atoms with Crippen molar-refractivity contribution in [2.45, 2.75) is 19.6 Å². The number of nitrogen functional groups attached to an aromatic ring is 1. The third-order valence-corrected chi connectivity index (χ3v) is 10.3. The van der Waals surface area contributed by atoms with Crippen LogP contribution in [0.5, 0.6) is 0 Å². The van der Waals surface area contributed by atoms with Gasteiger partial charge in [0.2, 0.25) is 0 Å². The van der Waals surface area contributed by atoms with Crippen molar-refractivity contribution in [2.24, 2.45) is 0 Å². The Morgan fingerprint density at radius 3 is 1.11 bits per heavy atom. The van der Waals surface area contributed by atoms with Crippen LogP contribution in [0, 0.1) is 0 Å². The summed E-state index contributed by atoms with van der Waals surface area (Å²) in [5.74, 6) is -1.73. The second kappa shape index (κ2) is 18.5. The Morgan fingerprint density at radius 2 is 0.811 bits per heavy atom. The molecule has 0 aliphatic rings. The zero-order valence-electron chi connectivity index (χ0n) is 27.9. The van der Waals surface area contributed by atoms with E-state index in [9.17, 15) is 61.5 Å². The average Bonchev–Trinajstić information content (AvgIpc) is 2.97. The molecule has 0 aromatic heterocycles. The molecule has 0 radical (unpaired) electrons. The Morgan fingerprint density at radius 1 is 0.472 bits per heavy atom. The van der Waals surface area contributed by atoms with Crippen LogP contribution in [0.3, 0.4) is 0 Å². The van der Waals surface area contributed by atoms with Crippen molar-refractivity contribution in [1.82, 2.24) is 0 Å². The monoisotopic (exact) mass is 839 g/mol. The molecule has 0 unspecified atom stereocenters. The Kier molecular flexibility index (Phi) is 17.5. The maximum absolute atomic E-state index is 13.1. The van der Waals surface area contributed by atoms with Crippen LogP contribution in [0.2, 0.25) is 0 Å². The van der Waals surface area contributed by atoms with Gasteiger partial charge in [0.25, 0.3) is 11.8 Å². The van der Waals surface area contributed by atoms with Crippen molar-refractivity contribution in [3.05, 3.63) is 90.0 Å². The largest absolute Gasteiger partial charge is 1.00 e. The summed E-state index contributed by atoms with van der Waals surface area (Å²) in [6.45, 7) is 0. The zero-order valence-corrected chi connectivity index (χ0v) is 39.2. The molecule has 0 atom stereocenters. The van der Waals surface area contributed by atoms with E-state index in [0.29, 0.717) is 12.1 Å². The first kappa shape index (κ1) is 50.0. The minimum Gasteiger partial charge on any atom is -0.744 e. The standard InChI is InChI=1S/C28H21N3O14S4.4Na/c29-18-6-16(27(32)30-19-1-3-23-14(8-19)10-21(46(34,35)36)12-25(23)48(40,41)42)5-17(7-18)28(33)31-20-2-4-24-15(9-20)11-22(47(37,38)39)13-26(24)49(43,44)45;;;;/h1-13H,29H2,(H,30,32)(H,31,33)(H,34,35,36)(H,37,38,39)(H,40,41,42)(H,43,44,45);;;;/q;4*+1/p-4. The fraction of sp³-hybridized carbons (Fsp3) is 0. The summed E-state index contributed by atoms with van der Waals surface area (Å²) in [5.41, 5.74) is 5.37. The summed E-state index contributed by atoms with van der Waals surface area (Å²) in [4.78, 5) is 22.3. The van der Waals surface area contributed by atoms with Gasteiger partial charge in [0, 0.05) is 28.2 Å². The maximum atomic E-state index is 13.1. The number of benzene rings is 5. The minimum absolute atomic E-state index is 0. The molecule has 0 fully saturated rings. The molecule has 0 saturated heterocycles. The summed E-state index contributed by atoms with van der Waals surface area (Å²) in [5, 5.41) is 4.04. The summed E-state index contributed by atoms with van der Waals surface area (Å²) in [7, 11) is -20.8. The van der Waals surface area contributed by atoms with E-state index >= 15 is 0 Å². The molecule has 0 aliphatic heterocycles. The van der Waals surface area contributed by atoms with Gasteiger partial charge in [0.05, 0.1) is 19.6 Å². The van der Waals surface area contributed by atoms with Gasteiger partial charge in [-0.1, -0.05) is 12.1 Å². The number of fused-ring (bicyclic) bond motifs is 2. The van der Waals surface area contributed by atoms with E-state index < -0.39 is 71.9 Å². The van der Waals surface area contributed by atoms with Gasteiger partial charge in [-0.3, -0.25) is 9.59 Å². The predicted octanol–water partition coefficient (Wildman–Crippen LogP) is -10.3. The van der Waals surface area contributed by atoms with Gasteiger partial charge >= 0.3 is 118 Å². The van der Waals surface area contributed by atoms with Crippen molar-refractivity contribution in [2.75, 3.05) is 16.4 Å². The molecule has 0 saturated carbocycles. The fourth-order valence-electron chi connectivity index (χ4n) is 4.80. The van der Waals surface area contributed by atoms with E-state index in [0.717, 1.165) is 42.5 Å². The average molecular weight is 840 g/mol. The van der Waals surface area contributed by atoms with E-state index in [1.165, 1.54) is 24.3 Å². The molecule has 53 heavy (non-hydrogen) atoms. The summed E-state index contributed by atoms with van der Waals surface area (Å²) < 4.78 is 140. The Labute approximate surface area is 391 Å². The molecule has 0 aliphatic carbocycles. The molecule has 5 aromatic rings. The van der Waals surface area contributed by atoms with Gasteiger partial charge in [0.1, 0.15) is 40.5 Å². The second-order valence-corrected chi connectivity index (χ2v) is 15.7. The third kappa shape index (κ3) is 12.0. The van der Waals surface area contributed by atoms with Crippen molar-refractivity contribution in [1.29, 1.82) is 0 Å². The molecule has 0 heterocycles. The second-order valence-electron chi connectivity index (χ2n) is 10.3. The summed E-state index contributed by atoms with van der Waals surface area (Å²) in [6, 6.07) is 12.8. The molecule has 4 N–H and O–H groups in total. The number of carbonyl (C=O) groups is 2. The van der Waals surface area contributed by atoms with Gasteiger partial charge in [0.15, 0.2) is 0 Å². The predicted molar refractivity (Wildman–Crippen MR) is 167 cm³/mol. The van der Waals surface area contributed by atoms with Gasteiger partial charge < -0.3 is 34.6 Å². The fourth-order valence-corrected chi connectivity index (χ4v) is 7.46. The minimum atomic E-state index is -5.22. The number of carbonyl (C=O) groups excluding carboxylic acids is 2. The number of nitrogens with one attached hydrogen (secondary N) is 2. The molecule has 17 nitrogen and oxygen atoms in total. The topological polar surface area (TPSA) is 313 Å². The van der Waals surface area contributed by atoms with Gasteiger partial charge in [-0.15, -0.1) is 0 Å². The molecule has 256 valence electrons.